The van der Waals surface area contributed by atoms with Crippen LogP contribution in [0, 0.1) is 10.1 Å². The Hall–Kier alpha value is -2.74. The molecule has 0 amide bonds. The Morgan fingerprint density at radius 1 is 1.38 bits per heavy atom. The lowest BCUT2D eigenvalue weighted by Gasteiger charge is -2.05. The summed E-state index contributed by atoms with van der Waals surface area (Å²) in [5, 5.41) is 20.1. The third kappa shape index (κ3) is 3.23. The van der Waals surface area contributed by atoms with E-state index < -0.39 is 10.9 Å². The minimum atomic E-state index is -1.13. The Balaban J connectivity index is 2.47. The summed E-state index contributed by atoms with van der Waals surface area (Å²) in [5.41, 5.74) is -0.236. The standard InChI is InChI=1S/C13H8N2O5S/c16-7-8-5-10(15(19)20)12(14-6-8)21-11-4-2-1-3-9(11)13(17)18/h1-7H,(H,17,18). The second kappa shape index (κ2) is 6.14. The Labute approximate surface area is 122 Å². The fraction of sp³-hybridized carbons (Fsp3) is 0. The van der Waals surface area contributed by atoms with Gasteiger partial charge in [-0.3, -0.25) is 14.9 Å². The van der Waals surface area contributed by atoms with E-state index in [4.69, 9.17) is 5.11 Å². The Bertz CT molecular complexity index is 732. The molecule has 2 rings (SSSR count). The molecule has 0 aliphatic rings. The van der Waals surface area contributed by atoms with E-state index in [1.54, 1.807) is 12.1 Å². The number of carbonyl (C=O) groups excluding carboxylic acids is 1. The first-order valence-electron chi connectivity index (χ1n) is 5.62. The van der Waals surface area contributed by atoms with Crippen LogP contribution in [0.25, 0.3) is 0 Å². The van der Waals surface area contributed by atoms with E-state index in [0.717, 1.165) is 17.8 Å². The van der Waals surface area contributed by atoms with Crippen LogP contribution in [-0.2, 0) is 0 Å². The molecule has 1 N–H and O–H groups in total. The molecule has 1 heterocycles. The summed E-state index contributed by atoms with van der Waals surface area (Å²) in [6, 6.07) is 7.22. The van der Waals surface area contributed by atoms with Crippen molar-refractivity contribution in [3.8, 4) is 0 Å². The van der Waals surface area contributed by atoms with Crippen molar-refractivity contribution in [2.24, 2.45) is 0 Å². The first-order valence-corrected chi connectivity index (χ1v) is 6.44. The van der Waals surface area contributed by atoms with Crippen LogP contribution < -0.4 is 0 Å². The summed E-state index contributed by atoms with van der Waals surface area (Å²) >= 11 is 0.867. The molecule has 0 radical (unpaired) electrons. The van der Waals surface area contributed by atoms with Crippen LogP contribution in [-0.4, -0.2) is 27.3 Å². The third-order valence-electron chi connectivity index (χ3n) is 2.51. The van der Waals surface area contributed by atoms with Gasteiger partial charge in [0, 0.05) is 22.7 Å². The van der Waals surface area contributed by atoms with Crippen LogP contribution in [0.2, 0.25) is 0 Å². The van der Waals surface area contributed by atoms with Gasteiger partial charge in [-0.2, -0.15) is 0 Å². The highest BCUT2D eigenvalue weighted by Crippen LogP contribution is 2.35. The SMILES string of the molecule is O=Cc1cnc(Sc2ccccc2C(=O)O)c([N+](=O)[O-])c1. The van der Waals surface area contributed by atoms with Crippen molar-refractivity contribution in [1.82, 2.24) is 4.98 Å². The van der Waals surface area contributed by atoms with Gasteiger partial charge in [-0.1, -0.05) is 23.9 Å². The molecule has 8 heteroatoms. The lowest BCUT2D eigenvalue weighted by Crippen LogP contribution is -2.00. The largest absolute Gasteiger partial charge is 0.478 e. The zero-order valence-corrected chi connectivity index (χ0v) is 11.2. The lowest BCUT2D eigenvalue weighted by atomic mass is 10.2. The molecule has 106 valence electrons. The minimum Gasteiger partial charge on any atom is -0.478 e. The van der Waals surface area contributed by atoms with E-state index in [9.17, 15) is 19.7 Å². The number of aromatic nitrogens is 1. The van der Waals surface area contributed by atoms with Gasteiger partial charge in [0.2, 0.25) is 0 Å². The van der Waals surface area contributed by atoms with Crippen LogP contribution in [0.15, 0.2) is 46.5 Å². The highest BCUT2D eigenvalue weighted by Gasteiger charge is 2.20. The fourth-order valence-electron chi connectivity index (χ4n) is 1.57. The van der Waals surface area contributed by atoms with Crippen molar-refractivity contribution < 1.29 is 19.6 Å². The topological polar surface area (TPSA) is 110 Å². The Kier molecular flexibility index (Phi) is 4.29. The first kappa shape index (κ1) is 14.7. The van der Waals surface area contributed by atoms with Crippen molar-refractivity contribution in [1.29, 1.82) is 0 Å². The molecule has 1 aromatic heterocycles. The molecule has 0 saturated heterocycles. The molecule has 21 heavy (non-hydrogen) atoms. The molecular weight excluding hydrogens is 296 g/mol. The van der Waals surface area contributed by atoms with Gasteiger partial charge >= 0.3 is 11.7 Å². The number of benzene rings is 1. The summed E-state index contributed by atoms with van der Waals surface area (Å²) in [6.07, 6.45) is 1.66. The van der Waals surface area contributed by atoms with E-state index in [0.29, 0.717) is 11.2 Å². The van der Waals surface area contributed by atoms with Crippen molar-refractivity contribution in [2.75, 3.05) is 0 Å². The van der Waals surface area contributed by atoms with Gasteiger partial charge in [-0.05, 0) is 12.1 Å². The number of hydrogen-bond donors (Lipinski definition) is 1. The van der Waals surface area contributed by atoms with E-state index in [1.807, 2.05) is 0 Å². The van der Waals surface area contributed by atoms with Gasteiger partial charge in [0.25, 0.3) is 0 Å². The average molecular weight is 304 g/mol. The Morgan fingerprint density at radius 2 is 2.10 bits per heavy atom. The number of carbonyl (C=O) groups is 2. The van der Waals surface area contributed by atoms with E-state index in [1.165, 1.54) is 18.3 Å². The lowest BCUT2D eigenvalue weighted by molar-refractivity contribution is -0.388. The van der Waals surface area contributed by atoms with Crippen LogP contribution in [0.5, 0.6) is 0 Å². The average Bonchev–Trinajstić information content (AvgIpc) is 2.47. The first-order chi connectivity index (χ1) is 10.0. The minimum absolute atomic E-state index is 0.0260. The number of carboxylic acid groups (broad SMARTS) is 1. The van der Waals surface area contributed by atoms with E-state index in [2.05, 4.69) is 4.98 Å². The van der Waals surface area contributed by atoms with Gasteiger partial charge in [-0.25, -0.2) is 9.78 Å². The summed E-state index contributed by atoms with van der Waals surface area (Å²) in [4.78, 5) is 36.3. The number of nitrogens with zero attached hydrogens (tertiary/aromatic N) is 2. The van der Waals surface area contributed by atoms with Crippen molar-refractivity contribution in [3.63, 3.8) is 0 Å². The molecule has 0 fully saturated rings. The molecule has 2 aromatic rings. The molecule has 0 unspecified atom stereocenters. The molecule has 0 saturated carbocycles. The second-order valence-electron chi connectivity index (χ2n) is 3.87. The smallest absolute Gasteiger partial charge is 0.336 e. The number of nitro groups is 1. The predicted molar refractivity (Wildman–Crippen MR) is 73.8 cm³/mol. The summed E-state index contributed by atoms with van der Waals surface area (Å²) in [5.74, 6) is -1.13. The van der Waals surface area contributed by atoms with Crippen LogP contribution in [0.3, 0.4) is 0 Å². The van der Waals surface area contributed by atoms with Crippen LogP contribution in [0.4, 0.5) is 5.69 Å². The number of aromatic carboxylic acids is 1. The van der Waals surface area contributed by atoms with Gasteiger partial charge in [0.1, 0.15) is 0 Å². The molecule has 0 bridgehead atoms. The maximum atomic E-state index is 11.1. The molecule has 0 atom stereocenters. The maximum absolute atomic E-state index is 11.1. The molecule has 0 aliphatic heterocycles. The molecular formula is C13H8N2O5S. The fourth-order valence-corrected chi connectivity index (χ4v) is 2.53. The third-order valence-corrected chi connectivity index (χ3v) is 3.59. The maximum Gasteiger partial charge on any atom is 0.336 e. The second-order valence-corrected chi connectivity index (χ2v) is 4.90. The summed E-state index contributed by atoms with van der Waals surface area (Å²) in [6.45, 7) is 0. The van der Waals surface area contributed by atoms with Crippen LogP contribution in [0.1, 0.15) is 20.7 Å². The number of rotatable bonds is 5. The van der Waals surface area contributed by atoms with Crippen LogP contribution >= 0.6 is 11.8 Å². The predicted octanol–water partition coefficient (Wildman–Crippen LogP) is 2.65. The van der Waals surface area contributed by atoms with E-state index in [-0.39, 0.29) is 21.8 Å². The Morgan fingerprint density at radius 3 is 2.71 bits per heavy atom. The monoisotopic (exact) mass is 304 g/mol. The molecule has 1 aromatic carbocycles. The number of pyridine rings is 1. The number of carboxylic acids is 1. The van der Waals surface area contributed by atoms with Gasteiger partial charge in [-0.15, -0.1) is 0 Å². The quantitative estimate of drug-likeness (QED) is 0.513. The van der Waals surface area contributed by atoms with Gasteiger partial charge in [0.15, 0.2) is 11.3 Å². The molecule has 0 spiro atoms. The van der Waals surface area contributed by atoms with E-state index >= 15 is 0 Å². The van der Waals surface area contributed by atoms with Gasteiger partial charge < -0.3 is 5.11 Å². The van der Waals surface area contributed by atoms with Gasteiger partial charge in [0.05, 0.1) is 10.5 Å². The van der Waals surface area contributed by atoms with Crippen molar-refractivity contribution in [3.05, 3.63) is 57.8 Å². The highest BCUT2D eigenvalue weighted by atomic mass is 32.2. The summed E-state index contributed by atoms with van der Waals surface area (Å²) in [7, 11) is 0. The summed E-state index contributed by atoms with van der Waals surface area (Å²) < 4.78 is 0. The normalized spacial score (nSPS) is 10.1. The number of aldehydes is 1. The zero-order chi connectivity index (χ0) is 15.4. The van der Waals surface area contributed by atoms with Crippen molar-refractivity contribution in [2.45, 2.75) is 9.92 Å². The molecule has 0 aliphatic carbocycles. The zero-order valence-electron chi connectivity index (χ0n) is 10.4. The number of hydrogen-bond acceptors (Lipinski definition) is 6. The molecule has 7 nitrogen and oxygen atoms in total. The van der Waals surface area contributed by atoms with Crippen molar-refractivity contribution >= 4 is 29.7 Å². The highest BCUT2D eigenvalue weighted by molar-refractivity contribution is 7.99.